The van der Waals surface area contributed by atoms with Crippen LogP contribution in [-0.2, 0) is 0 Å². The molecule has 5 heteroatoms. The number of hydrogen-bond acceptors (Lipinski definition) is 3. The standard InChI is InChI=1S/C21H21N3O2/c1-4-26-20-13-17(14-22-24(20)18-8-6-5-7-9-18)23-21(25)19-11-10-15(2)12-16(19)3/h5-14H,4H2,1-3H3. The first kappa shape index (κ1) is 17.6. The van der Waals surface area contributed by atoms with Crippen molar-refractivity contribution in [3.8, 4) is 11.6 Å². The lowest BCUT2D eigenvalue weighted by atomic mass is 10.1. The van der Waals surface area contributed by atoms with E-state index in [9.17, 15) is 4.79 Å². The SMILES string of the molecule is CCOc1cc(=NC(=O)c2ccc(C)cc2C)cnn1-c1ccccc1. The second kappa shape index (κ2) is 7.78. The van der Waals surface area contributed by atoms with Crippen LogP contribution in [0.3, 0.4) is 0 Å². The molecule has 0 aliphatic carbocycles. The topological polar surface area (TPSA) is 56.5 Å². The van der Waals surface area contributed by atoms with E-state index < -0.39 is 0 Å². The summed E-state index contributed by atoms with van der Waals surface area (Å²) in [6.45, 7) is 6.30. The van der Waals surface area contributed by atoms with Gasteiger partial charge in [0.25, 0.3) is 5.91 Å². The van der Waals surface area contributed by atoms with E-state index in [0.29, 0.717) is 23.4 Å². The van der Waals surface area contributed by atoms with E-state index in [0.717, 1.165) is 16.8 Å². The molecule has 0 spiro atoms. The summed E-state index contributed by atoms with van der Waals surface area (Å²) in [6, 6.07) is 17.1. The summed E-state index contributed by atoms with van der Waals surface area (Å²) in [5.41, 5.74) is 3.49. The second-order valence-corrected chi connectivity index (χ2v) is 5.97. The quantitative estimate of drug-likeness (QED) is 0.724. The van der Waals surface area contributed by atoms with Crippen molar-refractivity contribution >= 4 is 5.91 Å². The van der Waals surface area contributed by atoms with Gasteiger partial charge in [-0.2, -0.15) is 5.10 Å². The third-order valence-corrected chi connectivity index (χ3v) is 3.92. The number of nitrogens with zero attached hydrogens (tertiary/aromatic N) is 3. The number of benzene rings is 2. The molecule has 3 rings (SSSR count). The summed E-state index contributed by atoms with van der Waals surface area (Å²) in [5.74, 6) is 0.248. The minimum Gasteiger partial charge on any atom is -0.478 e. The highest BCUT2D eigenvalue weighted by Crippen LogP contribution is 2.14. The molecule has 26 heavy (non-hydrogen) atoms. The van der Waals surface area contributed by atoms with Gasteiger partial charge >= 0.3 is 0 Å². The molecular formula is C21H21N3O2. The molecule has 132 valence electrons. The third-order valence-electron chi connectivity index (χ3n) is 3.92. The number of carbonyl (C=O) groups excluding carboxylic acids is 1. The van der Waals surface area contributed by atoms with Gasteiger partial charge < -0.3 is 4.74 Å². The maximum Gasteiger partial charge on any atom is 0.277 e. The highest BCUT2D eigenvalue weighted by molar-refractivity contribution is 5.96. The fraction of sp³-hybridized carbons (Fsp3) is 0.190. The van der Waals surface area contributed by atoms with Crippen LogP contribution in [0.15, 0.2) is 65.8 Å². The van der Waals surface area contributed by atoms with Crippen LogP contribution in [0.5, 0.6) is 5.88 Å². The Hall–Kier alpha value is -3.21. The Balaban J connectivity index is 2.01. The lowest BCUT2D eigenvalue weighted by molar-refractivity contribution is 0.0998. The number of carbonyl (C=O) groups is 1. The normalized spacial score (nSPS) is 11.4. The molecule has 0 bridgehead atoms. The maximum atomic E-state index is 12.5. The fourth-order valence-corrected chi connectivity index (χ4v) is 2.70. The molecule has 0 radical (unpaired) electrons. The second-order valence-electron chi connectivity index (χ2n) is 5.97. The van der Waals surface area contributed by atoms with Gasteiger partial charge in [-0.1, -0.05) is 35.9 Å². The van der Waals surface area contributed by atoms with Gasteiger partial charge in [-0.15, -0.1) is 0 Å². The molecule has 1 aromatic heterocycles. The number of para-hydroxylation sites is 1. The zero-order chi connectivity index (χ0) is 18.5. The molecule has 2 aromatic carbocycles. The van der Waals surface area contributed by atoms with Crippen molar-refractivity contribution in [1.29, 1.82) is 0 Å². The summed E-state index contributed by atoms with van der Waals surface area (Å²) >= 11 is 0. The molecule has 5 nitrogen and oxygen atoms in total. The Morgan fingerprint density at radius 1 is 1.12 bits per heavy atom. The lowest BCUT2D eigenvalue weighted by Gasteiger charge is -2.11. The number of rotatable bonds is 4. The number of hydrogen-bond donors (Lipinski definition) is 0. The minimum absolute atomic E-state index is 0.288. The predicted molar refractivity (Wildman–Crippen MR) is 101 cm³/mol. The molecule has 0 unspecified atom stereocenters. The molecule has 0 atom stereocenters. The first-order valence-electron chi connectivity index (χ1n) is 8.52. The van der Waals surface area contributed by atoms with E-state index in [-0.39, 0.29) is 5.91 Å². The first-order chi connectivity index (χ1) is 12.6. The maximum absolute atomic E-state index is 12.5. The average molecular weight is 347 g/mol. The predicted octanol–water partition coefficient (Wildman–Crippen LogP) is 3.63. The van der Waals surface area contributed by atoms with Crippen LogP contribution in [-0.4, -0.2) is 22.3 Å². The molecular weight excluding hydrogens is 326 g/mol. The first-order valence-corrected chi connectivity index (χ1v) is 8.52. The minimum atomic E-state index is -0.288. The van der Waals surface area contributed by atoms with Gasteiger partial charge in [-0.25, -0.2) is 9.67 Å². The molecule has 0 aliphatic rings. The smallest absolute Gasteiger partial charge is 0.277 e. The zero-order valence-corrected chi connectivity index (χ0v) is 15.1. The van der Waals surface area contributed by atoms with Crippen LogP contribution in [0.2, 0.25) is 0 Å². The molecule has 0 N–H and O–H groups in total. The highest BCUT2D eigenvalue weighted by Gasteiger charge is 2.09. The number of aryl methyl sites for hydroxylation is 2. The van der Waals surface area contributed by atoms with Gasteiger partial charge in [0.05, 0.1) is 23.8 Å². The summed E-state index contributed by atoms with van der Waals surface area (Å²) in [5, 5.41) is 4.86. The van der Waals surface area contributed by atoms with Crippen molar-refractivity contribution in [3.05, 3.63) is 82.8 Å². The van der Waals surface area contributed by atoms with Gasteiger partial charge in [0.15, 0.2) is 0 Å². The van der Waals surface area contributed by atoms with Crippen molar-refractivity contribution < 1.29 is 9.53 Å². The fourth-order valence-electron chi connectivity index (χ4n) is 2.70. The Labute approximate surface area is 152 Å². The highest BCUT2D eigenvalue weighted by atomic mass is 16.5. The van der Waals surface area contributed by atoms with E-state index in [4.69, 9.17) is 4.74 Å². The van der Waals surface area contributed by atoms with E-state index in [1.54, 1.807) is 23.0 Å². The van der Waals surface area contributed by atoms with Gasteiger partial charge in [-0.05, 0) is 44.5 Å². The molecule has 0 saturated heterocycles. The average Bonchev–Trinajstić information content (AvgIpc) is 2.63. The van der Waals surface area contributed by atoms with Crippen LogP contribution in [0.25, 0.3) is 5.69 Å². The van der Waals surface area contributed by atoms with Crippen molar-refractivity contribution in [1.82, 2.24) is 9.78 Å². The van der Waals surface area contributed by atoms with Gasteiger partial charge in [-0.3, -0.25) is 4.79 Å². The number of aromatic nitrogens is 2. The van der Waals surface area contributed by atoms with E-state index in [2.05, 4.69) is 10.1 Å². The van der Waals surface area contributed by atoms with Crippen LogP contribution in [0.1, 0.15) is 28.4 Å². The molecule has 0 fully saturated rings. The van der Waals surface area contributed by atoms with Crippen molar-refractivity contribution in [2.45, 2.75) is 20.8 Å². The molecule has 3 aromatic rings. The number of ether oxygens (including phenoxy) is 1. The summed E-state index contributed by atoms with van der Waals surface area (Å²) < 4.78 is 7.37. The van der Waals surface area contributed by atoms with Crippen LogP contribution >= 0.6 is 0 Å². The Bertz CT molecular complexity index is 992. The van der Waals surface area contributed by atoms with E-state index >= 15 is 0 Å². The van der Waals surface area contributed by atoms with E-state index in [1.165, 1.54) is 0 Å². The van der Waals surface area contributed by atoms with Crippen molar-refractivity contribution in [2.75, 3.05) is 6.61 Å². The van der Waals surface area contributed by atoms with Gasteiger partial charge in [0, 0.05) is 11.6 Å². The van der Waals surface area contributed by atoms with Crippen LogP contribution < -0.4 is 10.1 Å². The Kier molecular flexibility index (Phi) is 5.27. The van der Waals surface area contributed by atoms with E-state index in [1.807, 2.05) is 63.2 Å². The molecule has 0 aliphatic heterocycles. The van der Waals surface area contributed by atoms with Gasteiger partial charge in [0.2, 0.25) is 5.88 Å². The van der Waals surface area contributed by atoms with Crippen LogP contribution in [0.4, 0.5) is 0 Å². The largest absolute Gasteiger partial charge is 0.478 e. The Morgan fingerprint density at radius 2 is 1.88 bits per heavy atom. The summed E-state index contributed by atoms with van der Waals surface area (Å²) in [4.78, 5) is 16.7. The molecule has 1 amide bonds. The number of amides is 1. The summed E-state index contributed by atoms with van der Waals surface area (Å²) in [7, 11) is 0. The summed E-state index contributed by atoms with van der Waals surface area (Å²) in [6.07, 6.45) is 1.57. The third kappa shape index (κ3) is 3.88. The van der Waals surface area contributed by atoms with Crippen LogP contribution in [0, 0.1) is 13.8 Å². The molecule has 0 saturated carbocycles. The van der Waals surface area contributed by atoms with Gasteiger partial charge in [0.1, 0.15) is 0 Å². The monoisotopic (exact) mass is 347 g/mol. The van der Waals surface area contributed by atoms with Crippen molar-refractivity contribution in [3.63, 3.8) is 0 Å². The Morgan fingerprint density at radius 3 is 2.58 bits per heavy atom. The lowest BCUT2D eigenvalue weighted by Crippen LogP contribution is -2.15. The zero-order valence-electron chi connectivity index (χ0n) is 15.1. The van der Waals surface area contributed by atoms with Crippen molar-refractivity contribution in [2.24, 2.45) is 4.99 Å². The molecule has 1 heterocycles.